The zero-order valence-corrected chi connectivity index (χ0v) is 11.7. The molecule has 1 amide bonds. The van der Waals surface area contributed by atoms with Crippen molar-refractivity contribution < 1.29 is 18.0 Å². The van der Waals surface area contributed by atoms with Gasteiger partial charge >= 0.3 is 6.18 Å². The van der Waals surface area contributed by atoms with Crippen molar-refractivity contribution in [3.63, 3.8) is 0 Å². The molecule has 0 unspecified atom stereocenters. The Morgan fingerprint density at radius 1 is 1.33 bits per heavy atom. The molecule has 0 bridgehead atoms. The number of halogens is 3. The molecule has 2 heterocycles. The third kappa shape index (κ3) is 4.15. The summed E-state index contributed by atoms with van der Waals surface area (Å²) in [7, 11) is 1.98. The minimum atomic E-state index is -4.49. The van der Waals surface area contributed by atoms with E-state index in [0.29, 0.717) is 19.5 Å². The maximum Gasteiger partial charge on any atom is 0.418 e. The van der Waals surface area contributed by atoms with Crippen LogP contribution in [0.4, 0.5) is 18.9 Å². The lowest BCUT2D eigenvalue weighted by molar-refractivity contribution is -0.138. The quantitative estimate of drug-likeness (QED) is 0.855. The number of anilines is 1. The van der Waals surface area contributed by atoms with Gasteiger partial charge in [-0.15, -0.1) is 0 Å². The molecule has 1 N–H and O–H groups in total. The Bertz CT molecular complexity index is 499. The van der Waals surface area contributed by atoms with Crippen molar-refractivity contribution >= 4 is 12.1 Å². The van der Waals surface area contributed by atoms with Crippen molar-refractivity contribution in [3.05, 3.63) is 23.5 Å². The van der Waals surface area contributed by atoms with Gasteiger partial charge in [0.1, 0.15) is 0 Å². The van der Waals surface area contributed by atoms with Gasteiger partial charge in [-0.3, -0.25) is 14.7 Å². The van der Waals surface area contributed by atoms with Crippen LogP contribution in [0.15, 0.2) is 12.3 Å². The number of hydrogen-bond acceptors (Lipinski definition) is 4. The van der Waals surface area contributed by atoms with E-state index in [1.165, 1.54) is 6.20 Å². The first-order chi connectivity index (χ1) is 9.90. The van der Waals surface area contributed by atoms with E-state index in [2.05, 4.69) is 15.2 Å². The van der Waals surface area contributed by atoms with Gasteiger partial charge in [-0.1, -0.05) is 0 Å². The number of aromatic nitrogens is 1. The van der Waals surface area contributed by atoms with Crippen LogP contribution < -0.4 is 5.32 Å². The Morgan fingerprint density at radius 2 is 2.00 bits per heavy atom. The van der Waals surface area contributed by atoms with Gasteiger partial charge in [0.15, 0.2) is 0 Å². The average Bonchev–Trinajstić information content (AvgIpc) is 2.42. The lowest BCUT2D eigenvalue weighted by atomic mass is 10.1. The zero-order chi connectivity index (χ0) is 15.5. The molecule has 1 aromatic heterocycles. The lowest BCUT2D eigenvalue weighted by Gasteiger charge is -2.32. The normalized spacial score (nSPS) is 17.7. The zero-order valence-electron chi connectivity index (χ0n) is 11.7. The minimum Gasteiger partial charge on any atom is -0.327 e. The fourth-order valence-corrected chi connectivity index (χ4v) is 2.23. The molecule has 116 valence electrons. The SMILES string of the molecule is CN1CCN(Cc2ncc(NC=O)cc2C(F)(F)F)CC1. The van der Waals surface area contributed by atoms with E-state index in [1.54, 1.807) is 0 Å². The summed E-state index contributed by atoms with van der Waals surface area (Å²) in [6.07, 6.45) is -2.91. The van der Waals surface area contributed by atoms with Gasteiger partial charge in [0.05, 0.1) is 23.1 Å². The highest BCUT2D eigenvalue weighted by Crippen LogP contribution is 2.33. The number of amides is 1. The number of rotatable bonds is 4. The summed E-state index contributed by atoms with van der Waals surface area (Å²) >= 11 is 0. The summed E-state index contributed by atoms with van der Waals surface area (Å²) in [6, 6.07) is 0.923. The number of alkyl halides is 3. The molecular formula is C13H17F3N4O. The summed E-state index contributed by atoms with van der Waals surface area (Å²) in [6.45, 7) is 3.23. The Hall–Kier alpha value is -1.67. The maximum atomic E-state index is 13.1. The smallest absolute Gasteiger partial charge is 0.327 e. The molecule has 1 saturated heterocycles. The van der Waals surface area contributed by atoms with Crippen molar-refractivity contribution in [2.24, 2.45) is 0 Å². The number of carbonyl (C=O) groups is 1. The molecule has 5 nitrogen and oxygen atoms in total. The average molecular weight is 302 g/mol. The van der Waals surface area contributed by atoms with E-state index in [9.17, 15) is 18.0 Å². The number of nitrogens with one attached hydrogen (secondary N) is 1. The van der Waals surface area contributed by atoms with Gasteiger partial charge in [-0.2, -0.15) is 13.2 Å². The van der Waals surface area contributed by atoms with Crippen LogP contribution in [0.2, 0.25) is 0 Å². The Morgan fingerprint density at radius 3 is 2.57 bits per heavy atom. The van der Waals surface area contributed by atoms with Crippen molar-refractivity contribution in [2.75, 3.05) is 38.5 Å². The highest BCUT2D eigenvalue weighted by Gasteiger charge is 2.35. The molecule has 0 aliphatic carbocycles. The molecule has 21 heavy (non-hydrogen) atoms. The standard InChI is InChI=1S/C13H17F3N4O/c1-19-2-4-20(5-3-19)8-12-11(13(14,15)16)6-10(7-17-12)18-9-21/h6-7,9H,2-5,8H2,1H3,(H,18,21). The Balaban J connectivity index is 2.19. The second-order valence-electron chi connectivity index (χ2n) is 5.06. The first kappa shape index (κ1) is 15.7. The second-order valence-corrected chi connectivity index (χ2v) is 5.06. The maximum absolute atomic E-state index is 13.1. The molecule has 0 atom stereocenters. The van der Waals surface area contributed by atoms with Crippen molar-refractivity contribution in [2.45, 2.75) is 12.7 Å². The van der Waals surface area contributed by atoms with Crippen molar-refractivity contribution in [3.8, 4) is 0 Å². The molecule has 0 saturated carbocycles. The second kappa shape index (κ2) is 6.40. The van der Waals surface area contributed by atoms with Crippen LogP contribution >= 0.6 is 0 Å². The largest absolute Gasteiger partial charge is 0.418 e. The van der Waals surface area contributed by atoms with Gasteiger partial charge in [0.2, 0.25) is 6.41 Å². The predicted octanol–water partition coefficient (Wildman–Crippen LogP) is 1.42. The summed E-state index contributed by atoms with van der Waals surface area (Å²) < 4.78 is 39.3. The molecule has 0 aromatic carbocycles. The van der Waals surface area contributed by atoms with Crippen LogP contribution in [0.3, 0.4) is 0 Å². The van der Waals surface area contributed by atoms with E-state index in [-0.39, 0.29) is 17.9 Å². The molecular weight excluding hydrogens is 285 g/mol. The van der Waals surface area contributed by atoms with Crippen LogP contribution in [-0.4, -0.2) is 54.4 Å². The predicted molar refractivity (Wildman–Crippen MR) is 71.7 cm³/mol. The molecule has 1 aliphatic rings. The fraction of sp³-hybridized carbons (Fsp3) is 0.538. The molecule has 1 fully saturated rings. The summed E-state index contributed by atoms with van der Waals surface area (Å²) in [5, 5.41) is 2.19. The number of nitrogens with zero attached hydrogens (tertiary/aromatic N) is 3. The van der Waals surface area contributed by atoms with Crippen LogP contribution in [0.1, 0.15) is 11.3 Å². The minimum absolute atomic E-state index is 0.0106. The summed E-state index contributed by atoms with van der Waals surface area (Å²) in [5.74, 6) is 0. The van der Waals surface area contributed by atoms with Gasteiger partial charge in [-0.25, -0.2) is 0 Å². The van der Waals surface area contributed by atoms with Crippen LogP contribution in [-0.2, 0) is 17.5 Å². The molecule has 1 aromatic rings. The first-order valence-electron chi connectivity index (χ1n) is 6.57. The molecule has 0 radical (unpaired) electrons. The van der Waals surface area contributed by atoms with Gasteiger partial charge in [-0.05, 0) is 13.1 Å². The highest BCUT2D eigenvalue weighted by atomic mass is 19.4. The molecule has 0 spiro atoms. The van der Waals surface area contributed by atoms with E-state index < -0.39 is 11.7 Å². The van der Waals surface area contributed by atoms with Crippen molar-refractivity contribution in [1.29, 1.82) is 0 Å². The monoisotopic (exact) mass is 302 g/mol. The third-order valence-electron chi connectivity index (χ3n) is 3.47. The van der Waals surface area contributed by atoms with E-state index >= 15 is 0 Å². The first-order valence-corrected chi connectivity index (χ1v) is 6.57. The van der Waals surface area contributed by atoms with Crippen LogP contribution in [0.5, 0.6) is 0 Å². The number of hydrogen-bond donors (Lipinski definition) is 1. The Kier molecular flexibility index (Phi) is 4.79. The number of pyridine rings is 1. The van der Waals surface area contributed by atoms with Gasteiger partial charge in [0.25, 0.3) is 0 Å². The third-order valence-corrected chi connectivity index (χ3v) is 3.47. The number of piperazine rings is 1. The van der Waals surface area contributed by atoms with Gasteiger partial charge < -0.3 is 10.2 Å². The molecule has 2 rings (SSSR count). The molecule has 1 aliphatic heterocycles. The van der Waals surface area contributed by atoms with Gasteiger partial charge in [0, 0.05) is 32.7 Å². The number of likely N-dealkylation sites (N-methyl/N-ethyl adjacent to an activating group) is 1. The van der Waals surface area contributed by atoms with E-state index in [4.69, 9.17) is 0 Å². The fourth-order valence-electron chi connectivity index (χ4n) is 2.23. The summed E-state index contributed by atoms with van der Waals surface area (Å²) in [5.41, 5.74) is -0.767. The number of carbonyl (C=O) groups excluding carboxylic acids is 1. The van der Waals surface area contributed by atoms with Crippen LogP contribution in [0.25, 0.3) is 0 Å². The Labute approximate surface area is 120 Å². The van der Waals surface area contributed by atoms with E-state index in [0.717, 1.165) is 19.2 Å². The van der Waals surface area contributed by atoms with Crippen molar-refractivity contribution in [1.82, 2.24) is 14.8 Å². The topological polar surface area (TPSA) is 48.5 Å². The lowest BCUT2D eigenvalue weighted by Crippen LogP contribution is -2.44. The summed E-state index contributed by atoms with van der Waals surface area (Å²) in [4.78, 5) is 18.3. The van der Waals surface area contributed by atoms with E-state index in [1.807, 2.05) is 11.9 Å². The molecule has 8 heteroatoms. The highest BCUT2D eigenvalue weighted by molar-refractivity contribution is 5.71. The van der Waals surface area contributed by atoms with Crippen LogP contribution in [0, 0.1) is 0 Å².